The zero-order valence-corrected chi connectivity index (χ0v) is 7.94. The zero-order chi connectivity index (χ0) is 10.8. The first-order chi connectivity index (χ1) is 6.47. The molecule has 0 aromatic rings. The van der Waals surface area contributed by atoms with Gasteiger partial charge >= 0.3 is 11.8 Å². The Labute approximate surface area is 83.0 Å². The minimum atomic E-state index is -3.63. The fourth-order valence-corrected chi connectivity index (χ4v) is 1.81. The predicted octanol–water partition coefficient (Wildman–Crippen LogP) is -0.220. The fraction of sp³-hybridized carbons (Fsp3) is 0.667. The molecule has 8 heteroatoms. The summed E-state index contributed by atoms with van der Waals surface area (Å²) in [4.78, 5) is 22.5. The lowest BCUT2D eigenvalue weighted by molar-refractivity contribution is -0.147. The van der Waals surface area contributed by atoms with Crippen LogP contribution in [0.25, 0.3) is 0 Å². The molecule has 1 aliphatic rings. The van der Waals surface area contributed by atoms with E-state index in [1.165, 1.54) is 5.43 Å². The van der Waals surface area contributed by atoms with Crippen LogP contribution in [-0.4, -0.2) is 40.8 Å². The molecule has 80 valence electrons. The first-order valence-corrected chi connectivity index (χ1v) is 4.76. The summed E-state index contributed by atoms with van der Waals surface area (Å²) in [7, 11) is 0. The van der Waals surface area contributed by atoms with Crippen LogP contribution < -0.4 is 11.3 Å². The molecular formula is C6H9F2N3O2S. The lowest BCUT2D eigenvalue weighted by Gasteiger charge is -2.20. The molecule has 0 aromatic heterocycles. The highest BCUT2D eigenvalue weighted by Crippen LogP contribution is 2.22. The number of halogens is 2. The van der Waals surface area contributed by atoms with Crippen LogP contribution in [0.4, 0.5) is 13.6 Å². The Morgan fingerprint density at radius 2 is 2.36 bits per heavy atom. The largest absolute Gasteiger partial charge is 0.342 e. The van der Waals surface area contributed by atoms with Gasteiger partial charge in [-0.3, -0.25) is 15.0 Å². The molecule has 14 heavy (non-hydrogen) atoms. The van der Waals surface area contributed by atoms with Crippen molar-refractivity contribution in [1.29, 1.82) is 0 Å². The third-order valence-electron chi connectivity index (χ3n) is 1.70. The molecule has 1 fully saturated rings. The minimum absolute atomic E-state index is 0.233. The van der Waals surface area contributed by atoms with Gasteiger partial charge in [0.05, 0.1) is 6.54 Å². The Hall–Kier alpha value is -0.890. The van der Waals surface area contributed by atoms with Gasteiger partial charge in [0, 0.05) is 12.3 Å². The number of hydrogen-bond acceptors (Lipinski definition) is 4. The van der Waals surface area contributed by atoms with E-state index in [-0.39, 0.29) is 6.54 Å². The average molecular weight is 225 g/mol. The summed E-state index contributed by atoms with van der Waals surface area (Å²) < 4.78 is 25.9. The Morgan fingerprint density at radius 3 is 2.79 bits per heavy atom. The van der Waals surface area contributed by atoms with Crippen molar-refractivity contribution in [2.45, 2.75) is 5.92 Å². The van der Waals surface area contributed by atoms with Crippen molar-refractivity contribution in [3.05, 3.63) is 0 Å². The minimum Gasteiger partial charge on any atom is -0.326 e. The van der Waals surface area contributed by atoms with Crippen LogP contribution in [0.2, 0.25) is 0 Å². The number of carbonyl (C=O) groups is 2. The highest BCUT2D eigenvalue weighted by molar-refractivity contribution is 8.13. The quantitative estimate of drug-likeness (QED) is 0.395. The van der Waals surface area contributed by atoms with Gasteiger partial charge in [0.25, 0.3) is 5.24 Å². The van der Waals surface area contributed by atoms with Gasteiger partial charge in [-0.25, -0.2) is 5.84 Å². The van der Waals surface area contributed by atoms with Gasteiger partial charge in [-0.05, 0) is 0 Å². The number of nitrogens with zero attached hydrogens (tertiary/aromatic N) is 1. The van der Waals surface area contributed by atoms with Crippen LogP contribution in [0.15, 0.2) is 0 Å². The van der Waals surface area contributed by atoms with Gasteiger partial charge in [0.2, 0.25) is 0 Å². The normalized spacial score (nSPS) is 17.4. The fourth-order valence-electron chi connectivity index (χ4n) is 0.986. The van der Waals surface area contributed by atoms with Crippen LogP contribution in [-0.2, 0) is 4.79 Å². The van der Waals surface area contributed by atoms with E-state index in [0.29, 0.717) is 5.75 Å². The topological polar surface area (TPSA) is 75.4 Å². The third-order valence-corrected chi connectivity index (χ3v) is 2.59. The molecule has 5 nitrogen and oxygen atoms in total. The second kappa shape index (κ2) is 4.09. The van der Waals surface area contributed by atoms with E-state index in [9.17, 15) is 18.4 Å². The zero-order valence-electron chi connectivity index (χ0n) is 7.13. The average Bonchev–Trinajstić information content (AvgIpc) is 2.50. The number of hydrogen-bond donors (Lipinski definition) is 2. The molecule has 2 amide bonds. The van der Waals surface area contributed by atoms with E-state index in [2.05, 4.69) is 5.84 Å². The van der Waals surface area contributed by atoms with Crippen LogP contribution in [0.5, 0.6) is 0 Å². The summed E-state index contributed by atoms with van der Waals surface area (Å²) in [5, 5.41) is -0.436. The number of nitrogens with one attached hydrogen (secondary N) is 1. The summed E-state index contributed by atoms with van der Waals surface area (Å²) in [5.74, 6) is -0.161. The van der Waals surface area contributed by atoms with Crippen LogP contribution in [0.3, 0.4) is 0 Å². The first kappa shape index (κ1) is 11.2. The molecule has 1 heterocycles. The van der Waals surface area contributed by atoms with Crippen LogP contribution >= 0.6 is 11.8 Å². The molecule has 1 saturated heterocycles. The van der Waals surface area contributed by atoms with Gasteiger partial charge in [-0.15, -0.1) is 0 Å². The predicted molar refractivity (Wildman–Crippen MR) is 46.7 cm³/mol. The molecule has 0 unspecified atom stereocenters. The van der Waals surface area contributed by atoms with Gasteiger partial charge in [0.1, 0.15) is 0 Å². The van der Waals surface area contributed by atoms with Gasteiger partial charge in [0.15, 0.2) is 0 Å². The van der Waals surface area contributed by atoms with E-state index >= 15 is 0 Å². The molecule has 0 aromatic carbocycles. The van der Waals surface area contributed by atoms with Gasteiger partial charge < -0.3 is 4.90 Å². The monoisotopic (exact) mass is 225 g/mol. The van der Waals surface area contributed by atoms with Crippen molar-refractivity contribution in [3.63, 3.8) is 0 Å². The van der Waals surface area contributed by atoms with Crippen molar-refractivity contribution < 1.29 is 18.4 Å². The number of rotatable bonds is 3. The molecule has 0 spiro atoms. The SMILES string of the molecule is NNC(=O)C(F)(F)CN1CCSC1=O. The summed E-state index contributed by atoms with van der Waals surface area (Å²) >= 11 is 0.956. The van der Waals surface area contributed by atoms with E-state index < -0.39 is 23.6 Å². The van der Waals surface area contributed by atoms with Crippen molar-refractivity contribution >= 4 is 22.9 Å². The third kappa shape index (κ3) is 2.32. The molecule has 3 N–H and O–H groups in total. The number of hydrazine groups is 1. The second-order valence-electron chi connectivity index (χ2n) is 2.71. The van der Waals surface area contributed by atoms with E-state index in [1.54, 1.807) is 0 Å². The Bertz CT molecular complexity index is 261. The number of alkyl halides is 2. The van der Waals surface area contributed by atoms with Crippen molar-refractivity contribution in [3.8, 4) is 0 Å². The van der Waals surface area contributed by atoms with Crippen molar-refractivity contribution in [1.82, 2.24) is 10.3 Å². The van der Waals surface area contributed by atoms with E-state index in [0.717, 1.165) is 16.7 Å². The number of amides is 2. The highest BCUT2D eigenvalue weighted by Gasteiger charge is 2.42. The smallest absolute Gasteiger partial charge is 0.326 e. The second-order valence-corrected chi connectivity index (χ2v) is 3.76. The molecule has 0 atom stereocenters. The van der Waals surface area contributed by atoms with Gasteiger partial charge in [-0.2, -0.15) is 8.78 Å². The first-order valence-electron chi connectivity index (χ1n) is 3.78. The lowest BCUT2D eigenvalue weighted by Crippen LogP contribution is -2.50. The van der Waals surface area contributed by atoms with Crippen molar-refractivity contribution in [2.24, 2.45) is 5.84 Å². The lowest BCUT2D eigenvalue weighted by atomic mass is 10.3. The van der Waals surface area contributed by atoms with E-state index in [1.807, 2.05) is 0 Å². The number of thioether (sulfide) groups is 1. The molecule has 0 radical (unpaired) electrons. The molecular weight excluding hydrogens is 216 g/mol. The Morgan fingerprint density at radius 1 is 1.71 bits per heavy atom. The summed E-state index contributed by atoms with van der Waals surface area (Å²) in [6.07, 6.45) is 0. The van der Waals surface area contributed by atoms with Gasteiger partial charge in [-0.1, -0.05) is 11.8 Å². The molecule has 1 aliphatic heterocycles. The molecule has 1 rings (SSSR count). The van der Waals surface area contributed by atoms with Crippen LogP contribution in [0, 0.1) is 0 Å². The summed E-state index contributed by atoms with van der Waals surface area (Å²) in [6.45, 7) is -0.682. The van der Waals surface area contributed by atoms with Crippen molar-refractivity contribution in [2.75, 3.05) is 18.8 Å². The summed E-state index contributed by atoms with van der Waals surface area (Å²) in [5.41, 5.74) is 1.36. The maximum Gasteiger partial charge on any atom is 0.342 e. The maximum atomic E-state index is 12.9. The highest BCUT2D eigenvalue weighted by atomic mass is 32.2. The number of carbonyl (C=O) groups excluding carboxylic acids is 2. The number of nitrogens with two attached hydrogens (primary N) is 1. The molecule has 0 saturated carbocycles. The standard InChI is InChI=1S/C6H9F2N3O2S/c7-6(8,4(12)10-9)3-11-1-2-14-5(11)13/h1-3,9H2,(H,10,12). The molecule has 0 bridgehead atoms. The Balaban J connectivity index is 2.58. The van der Waals surface area contributed by atoms with Crippen LogP contribution in [0.1, 0.15) is 0 Å². The Kier molecular flexibility index (Phi) is 3.27. The summed E-state index contributed by atoms with van der Waals surface area (Å²) in [6, 6.07) is 0. The molecule has 0 aliphatic carbocycles. The van der Waals surface area contributed by atoms with E-state index in [4.69, 9.17) is 0 Å². The maximum absolute atomic E-state index is 12.9.